The number of nitrogens with one attached hydrogen (secondary N) is 2. The Morgan fingerprint density at radius 2 is 1.84 bits per heavy atom. The number of hydrogen-bond donors (Lipinski definition) is 2. The first kappa shape index (κ1) is 25.9. The zero-order valence-corrected chi connectivity index (χ0v) is 21.5. The first-order valence-corrected chi connectivity index (χ1v) is 12.2. The van der Waals surface area contributed by atoms with Crippen molar-refractivity contribution in [2.75, 3.05) is 29.3 Å². The standard InChI is InChI=1S/C25H21ClN4O6S/c1-4-36-24(34)20-13(2)27-25(37-20)29-21(31)14-8-10-15(11-9-14)28-19-18(26)22(32)30(23(19)33)16-6-5-7-17(12-16)35-3/h5-12,28H,4H2,1-3H3,(H,27,29,31). The van der Waals surface area contributed by atoms with Gasteiger partial charge in [0.1, 0.15) is 21.4 Å². The molecule has 0 atom stereocenters. The topological polar surface area (TPSA) is 127 Å². The van der Waals surface area contributed by atoms with E-state index in [0.717, 1.165) is 16.2 Å². The average Bonchev–Trinajstić information content (AvgIpc) is 3.36. The summed E-state index contributed by atoms with van der Waals surface area (Å²) in [6.45, 7) is 3.60. The van der Waals surface area contributed by atoms with Crippen molar-refractivity contribution in [2.24, 2.45) is 0 Å². The van der Waals surface area contributed by atoms with Crippen LogP contribution in [-0.4, -0.2) is 42.4 Å². The van der Waals surface area contributed by atoms with Gasteiger partial charge < -0.3 is 14.8 Å². The van der Waals surface area contributed by atoms with Crippen molar-refractivity contribution < 1.29 is 28.7 Å². The van der Waals surface area contributed by atoms with Crippen LogP contribution in [0.5, 0.6) is 5.75 Å². The van der Waals surface area contributed by atoms with E-state index in [0.29, 0.717) is 33.3 Å². The Kier molecular flexibility index (Phi) is 7.55. The molecule has 0 saturated carbocycles. The molecule has 1 aliphatic rings. The molecule has 3 amide bonds. The van der Waals surface area contributed by atoms with Crippen LogP contribution < -0.4 is 20.3 Å². The molecule has 0 aliphatic carbocycles. The van der Waals surface area contributed by atoms with Crippen LogP contribution in [0.1, 0.15) is 32.6 Å². The summed E-state index contributed by atoms with van der Waals surface area (Å²) >= 11 is 7.22. The molecule has 0 saturated heterocycles. The normalized spacial score (nSPS) is 13.1. The van der Waals surface area contributed by atoms with Crippen molar-refractivity contribution in [3.63, 3.8) is 0 Å². The van der Waals surface area contributed by atoms with Crippen LogP contribution in [0.25, 0.3) is 0 Å². The summed E-state index contributed by atoms with van der Waals surface area (Å²) in [5.41, 5.74) is 1.44. The van der Waals surface area contributed by atoms with Crippen molar-refractivity contribution in [3.05, 3.63) is 75.4 Å². The van der Waals surface area contributed by atoms with E-state index in [-0.39, 0.29) is 22.5 Å². The maximum Gasteiger partial charge on any atom is 0.350 e. The Morgan fingerprint density at radius 3 is 2.51 bits per heavy atom. The summed E-state index contributed by atoms with van der Waals surface area (Å²) in [5.74, 6) is -1.74. The first-order valence-electron chi connectivity index (χ1n) is 11.0. The summed E-state index contributed by atoms with van der Waals surface area (Å²) in [6, 6.07) is 12.7. The number of esters is 1. The number of halogens is 1. The van der Waals surface area contributed by atoms with Gasteiger partial charge >= 0.3 is 5.97 Å². The number of thiazole rings is 1. The molecule has 10 nitrogen and oxygen atoms in total. The lowest BCUT2D eigenvalue weighted by Gasteiger charge is -2.16. The molecule has 190 valence electrons. The molecule has 2 aromatic carbocycles. The summed E-state index contributed by atoms with van der Waals surface area (Å²) in [5, 5.41) is 5.52. The monoisotopic (exact) mass is 540 g/mol. The van der Waals surface area contributed by atoms with E-state index < -0.39 is 23.7 Å². The van der Waals surface area contributed by atoms with Gasteiger partial charge in [0.25, 0.3) is 17.7 Å². The van der Waals surface area contributed by atoms with Crippen molar-refractivity contribution in [2.45, 2.75) is 13.8 Å². The molecule has 1 aromatic heterocycles. The van der Waals surface area contributed by atoms with Crippen LogP contribution in [-0.2, 0) is 14.3 Å². The van der Waals surface area contributed by atoms with Gasteiger partial charge in [0.2, 0.25) is 0 Å². The fourth-order valence-corrected chi connectivity index (χ4v) is 4.52. The highest BCUT2D eigenvalue weighted by Crippen LogP contribution is 2.32. The minimum atomic E-state index is -0.667. The molecule has 2 heterocycles. The predicted octanol–water partition coefficient (Wildman–Crippen LogP) is 4.32. The van der Waals surface area contributed by atoms with Gasteiger partial charge in [-0.3, -0.25) is 19.7 Å². The highest BCUT2D eigenvalue weighted by molar-refractivity contribution is 7.17. The Labute approximate surface area is 220 Å². The molecule has 4 rings (SSSR count). The smallest absolute Gasteiger partial charge is 0.350 e. The molecule has 0 bridgehead atoms. The molecule has 0 unspecified atom stereocenters. The second-order valence-corrected chi connectivity index (χ2v) is 9.02. The second-order valence-electron chi connectivity index (χ2n) is 7.65. The third kappa shape index (κ3) is 5.32. The Morgan fingerprint density at radius 1 is 1.11 bits per heavy atom. The van der Waals surface area contributed by atoms with E-state index in [1.165, 1.54) is 19.2 Å². The van der Waals surface area contributed by atoms with Crippen LogP contribution >= 0.6 is 22.9 Å². The second kappa shape index (κ2) is 10.8. The number of rotatable bonds is 8. The van der Waals surface area contributed by atoms with Gasteiger partial charge in [-0.25, -0.2) is 14.7 Å². The molecule has 3 aromatic rings. The fourth-order valence-electron chi connectivity index (χ4n) is 3.45. The van der Waals surface area contributed by atoms with E-state index in [4.69, 9.17) is 21.1 Å². The molecule has 2 N–H and O–H groups in total. The van der Waals surface area contributed by atoms with E-state index in [1.807, 2.05) is 0 Å². The lowest BCUT2D eigenvalue weighted by molar-refractivity contribution is -0.120. The molecule has 1 aliphatic heterocycles. The minimum Gasteiger partial charge on any atom is -0.497 e. The van der Waals surface area contributed by atoms with Gasteiger partial charge in [0.05, 0.1) is 25.1 Å². The predicted molar refractivity (Wildman–Crippen MR) is 139 cm³/mol. The lowest BCUT2D eigenvalue weighted by atomic mass is 10.2. The summed E-state index contributed by atoms with van der Waals surface area (Å²) in [4.78, 5) is 55.8. The molecule has 0 spiro atoms. The number of aromatic nitrogens is 1. The molecular weight excluding hydrogens is 520 g/mol. The van der Waals surface area contributed by atoms with E-state index in [1.54, 1.807) is 50.2 Å². The maximum absolute atomic E-state index is 13.0. The molecule has 12 heteroatoms. The van der Waals surface area contributed by atoms with Crippen LogP contribution in [0.2, 0.25) is 0 Å². The summed E-state index contributed by atoms with van der Waals surface area (Å²) < 4.78 is 10.1. The molecule has 0 fully saturated rings. The van der Waals surface area contributed by atoms with Crippen molar-refractivity contribution >= 4 is 63.1 Å². The number of ether oxygens (including phenoxy) is 2. The zero-order valence-electron chi connectivity index (χ0n) is 20.0. The van der Waals surface area contributed by atoms with Crippen LogP contribution in [0.15, 0.2) is 59.3 Å². The van der Waals surface area contributed by atoms with Gasteiger partial charge in [-0.05, 0) is 50.2 Å². The number of hydrogen-bond acceptors (Lipinski definition) is 9. The van der Waals surface area contributed by atoms with Crippen LogP contribution in [0.3, 0.4) is 0 Å². The molecule has 37 heavy (non-hydrogen) atoms. The van der Waals surface area contributed by atoms with Gasteiger partial charge in [-0.15, -0.1) is 0 Å². The minimum absolute atomic E-state index is 0.0866. The first-order chi connectivity index (χ1) is 17.7. The average molecular weight is 541 g/mol. The van der Waals surface area contributed by atoms with E-state index in [9.17, 15) is 19.2 Å². The van der Waals surface area contributed by atoms with Gasteiger partial charge in [-0.1, -0.05) is 29.0 Å². The van der Waals surface area contributed by atoms with Gasteiger partial charge in [0, 0.05) is 17.3 Å². The lowest BCUT2D eigenvalue weighted by Crippen LogP contribution is -2.32. The SMILES string of the molecule is CCOC(=O)c1sc(NC(=O)c2ccc(NC3=C(Cl)C(=O)N(c4cccc(OC)c4)C3=O)cc2)nc1C. The number of nitrogens with zero attached hydrogens (tertiary/aromatic N) is 2. The Hall–Kier alpha value is -4.22. The van der Waals surface area contributed by atoms with Crippen LogP contribution in [0.4, 0.5) is 16.5 Å². The number of benzene rings is 2. The van der Waals surface area contributed by atoms with E-state index >= 15 is 0 Å². The number of amides is 3. The molecule has 0 radical (unpaired) electrons. The van der Waals surface area contributed by atoms with E-state index in [2.05, 4.69) is 15.6 Å². The number of aryl methyl sites for hydroxylation is 1. The largest absolute Gasteiger partial charge is 0.497 e. The van der Waals surface area contributed by atoms with Crippen molar-refractivity contribution in [1.82, 2.24) is 4.98 Å². The molecular formula is C25H21ClN4O6S. The third-order valence-electron chi connectivity index (χ3n) is 5.23. The van der Waals surface area contributed by atoms with Crippen molar-refractivity contribution in [3.8, 4) is 5.75 Å². The maximum atomic E-state index is 13.0. The van der Waals surface area contributed by atoms with Crippen LogP contribution in [0, 0.1) is 6.92 Å². The fraction of sp³-hybridized carbons (Fsp3) is 0.160. The highest BCUT2D eigenvalue weighted by atomic mass is 35.5. The quantitative estimate of drug-likeness (QED) is 0.319. The summed E-state index contributed by atoms with van der Waals surface area (Å²) in [7, 11) is 1.48. The Bertz CT molecular complexity index is 1430. The summed E-state index contributed by atoms with van der Waals surface area (Å²) in [6.07, 6.45) is 0. The number of carbonyl (C=O) groups excluding carboxylic acids is 4. The van der Waals surface area contributed by atoms with Gasteiger partial charge in [0.15, 0.2) is 5.13 Å². The number of methoxy groups -OCH3 is 1. The zero-order chi connectivity index (χ0) is 26.7. The number of anilines is 3. The Balaban J connectivity index is 1.45. The number of imide groups is 1. The highest BCUT2D eigenvalue weighted by Gasteiger charge is 2.39. The number of carbonyl (C=O) groups is 4. The van der Waals surface area contributed by atoms with Gasteiger partial charge in [-0.2, -0.15) is 0 Å². The van der Waals surface area contributed by atoms with Crippen molar-refractivity contribution in [1.29, 1.82) is 0 Å². The third-order valence-corrected chi connectivity index (χ3v) is 6.64.